The first-order valence-electron chi connectivity index (χ1n) is 5.65. The number of benzene rings is 1. The highest BCUT2D eigenvalue weighted by molar-refractivity contribution is 5.87. The number of aromatic nitrogens is 1. The molecule has 18 heavy (non-hydrogen) atoms. The largest absolute Gasteiger partial charge is 0.461 e. The van der Waals surface area contributed by atoms with Gasteiger partial charge in [0.05, 0.1) is 6.61 Å². The van der Waals surface area contributed by atoms with Gasteiger partial charge < -0.3 is 14.5 Å². The zero-order valence-electron chi connectivity index (χ0n) is 10.3. The summed E-state index contributed by atoms with van der Waals surface area (Å²) in [4.78, 5) is 15.4. The van der Waals surface area contributed by atoms with Gasteiger partial charge in [0.25, 0.3) is 6.01 Å². The van der Waals surface area contributed by atoms with Gasteiger partial charge in [-0.1, -0.05) is 12.1 Å². The molecule has 0 fully saturated rings. The van der Waals surface area contributed by atoms with Crippen LogP contribution >= 0.6 is 0 Å². The third kappa shape index (κ3) is 2.88. The summed E-state index contributed by atoms with van der Waals surface area (Å²) in [6, 6.07) is 8.02. The molecule has 2 aromatic rings. The lowest BCUT2D eigenvalue weighted by Gasteiger charge is -2.01. The molecule has 0 atom stereocenters. The number of carbonyl (C=O) groups is 1. The second kappa shape index (κ2) is 5.35. The number of nitrogens with zero attached hydrogens (tertiary/aromatic N) is 1. The Morgan fingerprint density at radius 2 is 2.33 bits per heavy atom. The van der Waals surface area contributed by atoms with E-state index in [1.165, 1.54) is 6.26 Å². The lowest BCUT2D eigenvalue weighted by Crippen LogP contribution is -2.04. The molecule has 0 radical (unpaired) electrons. The van der Waals surface area contributed by atoms with E-state index < -0.39 is 5.97 Å². The van der Waals surface area contributed by atoms with Crippen LogP contribution in [0.3, 0.4) is 0 Å². The summed E-state index contributed by atoms with van der Waals surface area (Å²) in [5.41, 5.74) is 2.14. The number of aryl methyl sites for hydroxylation is 1. The molecule has 0 amide bonds. The van der Waals surface area contributed by atoms with Crippen LogP contribution in [0.4, 0.5) is 11.7 Å². The maximum atomic E-state index is 11.4. The van der Waals surface area contributed by atoms with Gasteiger partial charge in [-0.25, -0.2) is 4.79 Å². The summed E-state index contributed by atoms with van der Waals surface area (Å²) in [7, 11) is 0. The van der Waals surface area contributed by atoms with Crippen molar-refractivity contribution in [2.24, 2.45) is 0 Å². The number of rotatable bonds is 4. The molecule has 1 N–H and O–H groups in total. The number of carbonyl (C=O) groups excluding carboxylic acids is 1. The van der Waals surface area contributed by atoms with E-state index in [0.29, 0.717) is 6.61 Å². The lowest BCUT2D eigenvalue weighted by molar-refractivity contribution is 0.0519. The van der Waals surface area contributed by atoms with E-state index in [4.69, 9.17) is 9.15 Å². The van der Waals surface area contributed by atoms with Crippen molar-refractivity contribution in [1.29, 1.82) is 0 Å². The molecule has 5 nitrogen and oxygen atoms in total. The van der Waals surface area contributed by atoms with Gasteiger partial charge in [0.2, 0.25) is 0 Å². The summed E-state index contributed by atoms with van der Waals surface area (Å²) < 4.78 is 9.97. The Morgan fingerprint density at radius 1 is 1.50 bits per heavy atom. The molecular formula is C13H14N2O3. The van der Waals surface area contributed by atoms with Crippen LogP contribution in [0.25, 0.3) is 0 Å². The van der Waals surface area contributed by atoms with E-state index in [9.17, 15) is 4.79 Å². The molecule has 2 rings (SSSR count). The minimum absolute atomic E-state index is 0.159. The monoisotopic (exact) mass is 246 g/mol. The van der Waals surface area contributed by atoms with Crippen molar-refractivity contribution < 1.29 is 13.9 Å². The summed E-state index contributed by atoms with van der Waals surface area (Å²) >= 11 is 0. The molecule has 1 aromatic heterocycles. The molecular weight excluding hydrogens is 232 g/mol. The highest BCUT2D eigenvalue weighted by Crippen LogP contribution is 2.17. The second-order valence-corrected chi connectivity index (χ2v) is 3.75. The highest BCUT2D eigenvalue weighted by Gasteiger charge is 2.12. The molecule has 94 valence electrons. The quantitative estimate of drug-likeness (QED) is 0.840. The Labute approximate surface area is 105 Å². The fourth-order valence-corrected chi connectivity index (χ4v) is 1.48. The van der Waals surface area contributed by atoms with Crippen molar-refractivity contribution in [1.82, 2.24) is 4.98 Å². The van der Waals surface area contributed by atoms with E-state index in [-0.39, 0.29) is 11.7 Å². The number of hydrogen-bond donors (Lipinski definition) is 1. The molecule has 0 saturated carbocycles. The number of nitrogens with one attached hydrogen (secondary N) is 1. The summed E-state index contributed by atoms with van der Waals surface area (Å²) in [6.45, 7) is 4.04. The predicted molar refractivity (Wildman–Crippen MR) is 66.9 cm³/mol. The molecule has 0 unspecified atom stereocenters. The minimum Gasteiger partial charge on any atom is -0.461 e. The summed E-state index contributed by atoms with van der Waals surface area (Å²) in [5, 5.41) is 2.98. The standard InChI is InChI=1S/C13H14N2O3/c1-3-17-12(16)11-8-18-13(15-11)14-10-6-4-5-9(2)7-10/h4-8H,3H2,1-2H3,(H,14,15). The Morgan fingerprint density at radius 3 is 3.06 bits per heavy atom. The topological polar surface area (TPSA) is 64.4 Å². The third-order valence-corrected chi connectivity index (χ3v) is 2.26. The van der Waals surface area contributed by atoms with Crippen LogP contribution in [0.2, 0.25) is 0 Å². The first-order valence-corrected chi connectivity index (χ1v) is 5.65. The van der Waals surface area contributed by atoms with Crippen molar-refractivity contribution in [3.63, 3.8) is 0 Å². The highest BCUT2D eigenvalue weighted by atomic mass is 16.5. The van der Waals surface area contributed by atoms with Gasteiger partial charge in [0, 0.05) is 5.69 Å². The van der Waals surface area contributed by atoms with Crippen molar-refractivity contribution in [2.75, 3.05) is 11.9 Å². The van der Waals surface area contributed by atoms with Crippen LogP contribution in [0, 0.1) is 6.92 Å². The number of hydrogen-bond acceptors (Lipinski definition) is 5. The van der Waals surface area contributed by atoms with Crippen LogP contribution < -0.4 is 5.32 Å². The molecule has 0 spiro atoms. The number of anilines is 2. The molecule has 0 aliphatic rings. The van der Waals surface area contributed by atoms with Gasteiger partial charge in [-0.3, -0.25) is 0 Å². The van der Waals surface area contributed by atoms with Gasteiger partial charge in [-0.2, -0.15) is 4.98 Å². The SMILES string of the molecule is CCOC(=O)c1coc(Nc2cccc(C)c2)n1. The minimum atomic E-state index is -0.487. The Hall–Kier alpha value is -2.30. The maximum Gasteiger partial charge on any atom is 0.360 e. The van der Waals surface area contributed by atoms with Gasteiger partial charge in [-0.05, 0) is 31.5 Å². The van der Waals surface area contributed by atoms with Crippen molar-refractivity contribution in [2.45, 2.75) is 13.8 Å². The lowest BCUT2D eigenvalue weighted by atomic mass is 10.2. The molecule has 0 saturated heterocycles. The summed E-state index contributed by atoms with van der Waals surface area (Å²) in [6.07, 6.45) is 1.27. The van der Waals surface area contributed by atoms with E-state index >= 15 is 0 Å². The fraction of sp³-hybridized carbons (Fsp3) is 0.231. The summed E-state index contributed by atoms with van der Waals surface area (Å²) in [5.74, 6) is -0.487. The molecule has 1 aromatic carbocycles. The molecule has 1 heterocycles. The molecule has 0 aliphatic carbocycles. The average Bonchev–Trinajstić information content (AvgIpc) is 2.78. The Bertz CT molecular complexity index is 549. The van der Waals surface area contributed by atoms with Crippen molar-refractivity contribution in [3.8, 4) is 0 Å². The van der Waals surface area contributed by atoms with E-state index in [1.54, 1.807) is 6.92 Å². The van der Waals surface area contributed by atoms with Gasteiger partial charge >= 0.3 is 5.97 Å². The van der Waals surface area contributed by atoms with Crippen molar-refractivity contribution in [3.05, 3.63) is 41.8 Å². The van der Waals surface area contributed by atoms with Gasteiger partial charge in [0.15, 0.2) is 5.69 Å². The Kier molecular flexibility index (Phi) is 3.62. The normalized spacial score (nSPS) is 10.1. The van der Waals surface area contributed by atoms with Crippen LogP contribution in [0.1, 0.15) is 23.0 Å². The number of oxazole rings is 1. The third-order valence-electron chi connectivity index (χ3n) is 2.26. The van der Waals surface area contributed by atoms with Gasteiger partial charge in [-0.15, -0.1) is 0 Å². The fourth-order valence-electron chi connectivity index (χ4n) is 1.48. The molecule has 5 heteroatoms. The zero-order valence-corrected chi connectivity index (χ0v) is 10.3. The zero-order chi connectivity index (χ0) is 13.0. The molecule has 0 bridgehead atoms. The number of ether oxygens (including phenoxy) is 1. The first-order chi connectivity index (χ1) is 8.69. The second-order valence-electron chi connectivity index (χ2n) is 3.75. The van der Waals surface area contributed by atoms with E-state index in [0.717, 1.165) is 11.3 Å². The van der Waals surface area contributed by atoms with Crippen LogP contribution in [-0.4, -0.2) is 17.6 Å². The van der Waals surface area contributed by atoms with Crippen LogP contribution in [0.5, 0.6) is 0 Å². The maximum absolute atomic E-state index is 11.4. The van der Waals surface area contributed by atoms with E-state index in [1.807, 2.05) is 31.2 Å². The first kappa shape index (κ1) is 12.2. The van der Waals surface area contributed by atoms with Crippen LogP contribution in [0.15, 0.2) is 34.9 Å². The van der Waals surface area contributed by atoms with Crippen molar-refractivity contribution >= 4 is 17.7 Å². The Balaban J connectivity index is 2.09. The predicted octanol–water partition coefficient (Wildman–Crippen LogP) is 2.90. The number of esters is 1. The van der Waals surface area contributed by atoms with Gasteiger partial charge in [0.1, 0.15) is 6.26 Å². The van der Waals surface area contributed by atoms with Crippen LogP contribution in [-0.2, 0) is 4.74 Å². The molecule has 0 aliphatic heterocycles. The van der Waals surface area contributed by atoms with E-state index in [2.05, 4.69) is 10.3 Å². The average molecular weight is 246 g/mol. The smallest absolute Gasteiger partial charge is 0.360 e.